The minimum Gasteiger partial charge on any atom is -0.474 e. The van der Waals surface area contributed by atoms with Gasteiger partial charge in [0.15, 0.2) is 0 Å². The standard InChI is InChI=1S/C14H21ClN2O/c1-8(2)7-9(3)18-14-10(4)12(15)16-13(17-14)11-5-6-11/h8-9,11H,5-7H2,1-4H3. The zero-order valence-corrected chi connectivity index (χ0v) is 12.3. The number of aromatic nitrogens is 2. The molecule has 0 saturated heterocycles. The van der Waals surface area contributed by atoms with Crippen LogP contribution in [0.1, 0.15) is 57.3 Å². The Bertz CT molecular complexity index is 430. The van der Waals surface area contributed by atoms with Gasteiger partial charge in [-0.25, -0.2) is 4.98 Å². The SMILES string of the molecule is Cc1c(Cl)nc(C2CC2)nc1OC(C)CC(C)C. The highest BCUT2D eigenvalue weighted by molar-refractivity contribution is 6.30. The topological polar surface area (TPSA) is 35.0 Å². The van der Waals surface area contributed by atoms with E-state index in [1.54, 1.807) is 0 Å². The summed E-state index contributed by atoms with van der Waals surface area (Å²) in [4.78, 5) is 8.86. The Morgan fingerprint density at radius 2 is 1.94 bits per heavy atom. The van der Waals surface area contributed by atoms with Crippen LogP contribution in [0.2, 0.25) is 5.15 Å². The largest absolute Gasteiger partial charge is 0.474 e. The van der Waals surface area contributed by atoms with Crippen molar-refractivity contribution in [2.24, 2.45) is 5.92 Å². The van der Waals surface area contributed by atoms with Crippen molar-refractivity contribution < 1.29 is 4.74 Å². The van der Waals surface area contributed by atoms with E-state index < -0.39 is 0 Å². The molecule has 0 bridgehead atoms. The molecule has 0 amide bonds. The monoisotopic (exact) mass is 268 g/mol. The van der Waals surface area contributed by atoms with Gasteiger partial charge in [0, 0.05) is 11.5 Å². The van der Waals surface area contributed by atoms with E-state index in [1.807, 2.05) is 6.92 Å². The first-order valence-electron chi connectivity index (χ1n) is 6.68. The molecule has 1 saturated carbocycles. The van der Waals surface area contributed by atoms with Crippen LogP contribution < -0.4 is 4.74 Å². The first-order valence-corrected chi connectivity index (χ1v) is 7.05. The first-order chi connectivity index (χ1) is 8.47. The van der Waals surface area contributed by atoms with Crippen LogP contribution in [-0.4, -0.2) is 16.1 Å². The molecule has 1 unspecified atom stereocenters. The third-order valence-corrected chi connectivity index (χ3v) is 3.49. The van der Waals surface area contributed by atoms with Gasteiger partial charge in [-0.1, -0.05) is 25.4 Å². The fourth-order valence-corrected chi connectivity index (χ4v) is 2.19. The van der Waals surface area contributed by atoms with Crippen LogP contribution in [-0.2, 0) is 0 Å². The van der Waals surface area contributed by atoms with Gasteiger partial charge in [-0.2, -0.15) is 4.98 Å². The summed E-state index contributed by atoms with van der Waals surface area (Å²) in [6.07, 6.45) is 3.50. The molecule has 1 aromatic heterocycles. The molecular weight excluding hydrogens is 248 g/mol. The minimum atomic E-state index is 0.154. The molecule has 3 nitrogen and oxygen atoms in total. The van der Waals surface area contributed by atoms with Gasteiger partial charge < -0.3 is 4.74 Å². The molecule has 2 rings (SSSR count). The summed E-state index contributed by atoms with van der Waals surface area (Å²) >= 11 is 6.15. The molecule has 0 radical (unpaired) electrons. The molecule has 1 aliphatic rings. The number of halogens is 1. The summed E-state index contributed by atoms with van der Waals surface area (Å²) in [6, 6.07) is 0. The van der Waals surface area contributed by atoms with E-state index in [0.717, 1.165) is 17.8 Å². The van der Waals surface area contributed by atoms with Crippen molar-refractivity contribution >= 4 is 11.6 Å². The second-order valence-electron chi connectivity index (χ2n) is 5.64. The van der Waals surface area contributed by atoms with E-state index in [0.29, 0.717) is 22.9 Å². The summed E-state index contributed by atoms with van der Waals surface area (Å²) in [7, 11) is 0. The van der Waals surface area contributed by atoms with Crippen molar-refractivity contribution in [1.82, 2.24) is 9.97 Å². The number of hydrogen-bond acceptors (Lipinski definition) is 3. The average Bonchev–Trinajstić information content (AvgIpc) is 3.06. The van der Waals surface area contributed by atoms with Crippen molar-refractivity contribution in [3.05, 3.63) is 16.5 Å². The molecule has 100 valence electrons. The fourth-order valence-electron chi connectivity index (χ4n) is 2.03. The van der Waals surface area contributed by atoms with E-state index in [2.05, 4.69) is 30.7 Å². The Morgan fingerprint density at radius 1 is 1.28 bits per heavy atom. The van der Waals surface area contributed by atoms with Gasteiger partial charge in [0.25, 0.3) is 0 Å². The van der Waals surface area contributed by atoms with Gasteiger partial charge in [-0.15, -0.1) is 0 Å². The van der Waals surface area contributed by atoms with E-state index in [-0.39, 0.29) is 6.10 Å². The summed E-state index contributed by atoms with van der Waals surface area (Å²) < 4.78 is 5.92. The number of nitrogens with zero attached hydrogens (tertiary/aromatic N) is 2. The molecule has 0 N–H and O–H groups in total. The molecule has 0 aromatic carbocycles. The molecule has 1 aliphatic carbocycles. The molecule has 18 heavy (non-hydrogen) atoms. The Balaban J connectivity index is 2.15. The maximum absolute atomic E-state index is 6.15. The van der Waals surface area contributed by atoms with Crippen LogP contribution in [0.4, 0.5) is 0 Å². The highest BCUT2D eigenvalue weighted by Crippen LogP contribution is 2.40. The zero-order chi connectivity index (χ0) is 13.3. The summed E-state index contributed by atoms with van der Waals surface area (Å²) in [5, 5.41) is 0.527. The lowest BCUT2D eigenvalue weighted by Gasteiger charge is -2.18. The van der Waals surface area contributed by atoms with Gasteiger partial charge in [-0.05, 0) is 39.0 Å². The minimum absolute atomic E-state index is 0.154. The van der Waals surface area contributed by atoms with E-state index in [9.17, 15) is 0 Å². The molecule has 0 aliphatic heterocycles. The van der Waals surface area contributed by atoms with Crippen LogP contribution in [0.3, 0.4) is 0 Å². The normalized spacial score (nSPS) is 17.0. The Kier molecular flexibility index (Phi) is 4.10. The third kappa shape index (κ3) is 3.35. The highest BCUT2D eigenvalue weighted by atomic mass is 35.5. The highest BCUT2D eigenvalue weighted by Gasteiger charge is 2.28. The summed E-state index contributed by atoms with van der Waals surface area (Å²) in [6.45, 7) is 8.37. The third-order valence-electron chi connectivity index (χ3n) is 3.12. The van der Waals surface area contributed by atoms with Crippen molar-refractivity contribution in [2.75, 3.05) is 0 Å². The Labute approximate surface area is 114 Å². The van der Waals surface area contributed by atoms with Crippen molar-refractivity contribution in [2.45, 2.75) is 59.0 Å². The van der Waals surface area contributed by atoms with Crippen LogP contribution in [0.5, 0.6) is 5.88 Å². The molecular formula is C14H21ClN2O. The molecule has 1 heterocycles. The van der Waals surface area contributed by atoms with Crippen molar-refractivity contribution in [3.63, 3.8) is 0 Å². The smallest absolute Gasteiger partial charge is 0.221 e. The van der Waals surface area contributed by atoms with E-state index in [1.165, 1.54) is 12.8 Å². The predicted octanol–water partition coefficient (Wildman–Crippen LogP) is 4.13. The first kappa shape index (κ1) is 13.6. The average molecular weight is 269 g/mol. The Morgan fingerprint density at radius 3 is 2.50 bits per heavy atom. The van der Waals surface area contributed by atoms with Crippen molar-refractivity contribution in [1.29, 1.82) is 0 Å². The van der Waals surface area contributed by atoms with Gasteiger partial charge in [0.2, 0.25) is 5.88 Å². The molecule has 0 spiro atoms. The molecule has 4 heteroatoms. The van der Waals surface area contributed by atoms with Gasteiger partial charge >= 0.3 is 0 Å². The lowest BCUT2D eigenvalue weighted by Crippen LogP contribution is -2.16. The fraction of sp³-hybridized carbons (Fsp3) is 0.714. The number of rotatable bonds is 5. The second kappa shape index (κ2) is 5.43. The van der Waals surface area contributed by atoms with Crippen LogP contribution in [0.25, 0.3) is 0 Å². The number of hydrogen-bond donors (Lipinski definition) is 0. The zero-order valence-electron chi connectivity index (χ0n) is 11.5. The van der Waals surface area contributed by atoms with E-state index in [4.69, 9.17) is 16.3 Å². The van der Waals surface area contributed by atoms with Gasteiger partial charge in [0.1, 0.15) is 11.0 Å². The summed E-state index contributed by atoms with van der Waals surface area (Å²) in [5.74, 6) is 2.61. The van der Waals surface area contributed by atoms with Crippen LogP contribution in [0, 0.1) is 12.8 Å². The molecule has 1 fully saturated rings. The second-order valence-corrected chi connectivity index (χ2v) is 5.99. The summed E-state index contributed by atoms with van der Waals surface area (Å²) in [5.41, 5.74) is 0.844. The maximum atomic E-state index is 6.15. The van der Waals surface area contributed by atoms with Crippen molar-refractivity contribution in [3.8, 4) is 5.88 Å². The van der Waals surface area contributed by atoms with Crippen LogP contribution in [0.15, 0.2) is 0 Å². The number of ether oxygens (including phenoxy) is 1. The Hall–Kier alpha value is -0.830. The maximum Gasteiger partial charge on any atom is 0.221 e. The van der Waals surface area contributed by atoms with E-state index >= 15 is 0 Å². The molecule has 1 aromatic rings. The lowest BCUT2D eigenvalue weighted by atomic mass is 10.1. The van der Waals surface area contributed by atoms with Crippen LogP contribution >= 0.6 is 11.6 Å². The lowest BCUT2D eigenvalue weighted by molar-refractivity contribution is 0.183. The van der Waals surface area contributed by atoms with Gasteiger partial charge in [-0.3, -0.25) is 0 Å². The van der Waals surface area contributed by atoms with Gasteiger partial charge in [0.05, 0.1) is 6.10 Å². The predicted molar refractivity (Wildman–Crippen MR) is 73.3 cm³/mol. The molecule has 1 atom stereocenters. The quantitative estimate of drug-likeness (QED) is 0.753.